The Morgan fingerprint density at radius 3 is 2.57 bits per heavy atom. The van der Waals surface area contributed by atoms with Crippen LogP contribution in [0.4, 0.5) is 0 Å². The maximum absolute atomic E-state index is 13.8. The summed E-state index contributed by atoms with van der Waals surface area (Å²) in [6, 6.07) is 4.04. The number of hydrogen-bond donors (Lipinski definition) is 5. The minimum absolute atomic E-state index is 0.0391. The Bertz CT molecular complexity index is 1570. The minimum Gasteiger partial charge on any atom is -0.507 e. The average Bonchev–Trinajstić information content (AvgIpc) is 3.02. The molecular formula is C32H35NO11. The van der Waals surface area contributed by atoms with E-state index in [2.05, 4.69) is 0 Å². The number of aliphatic hydroxyl groups excluding tert-OH is 2. The largest absolute Gasteiger partial charge is 0.507 e. The zero-order valence-electron chi connectivity index (χ0n) is 24.4. The Kier molecular flexibility index (Phi) is 7.75. The van der Waals surface area contributed by atoms with Gasteiger partial charge in [-0.25, -0.2) is 0 Å². The second-order valence-electron chi connectivity index (χ2n) is 11.8. The number of fused-ring (bicyclic) bond motifs is 3. The summed E-state index contributed by atoms with van der Waals surface area (Å²) in [7, 11) is 1.34. The number of Topliss-reactive ketones (excluding diaryl/α,β-unsaturated/α-hetero) is 1. The van der Waals surface area contributed by atoms with Crippen LogP contribution in [0.5, 0.6) is 17.2 Å². The fourth-order valence-corrected chi connectivity index (χ4v) is 6.97. The number of hydrogen-bond acceptors (Lipinski definition) is 12. The highest BCUT2D eigenvalue weighted by molar-refractivity contribution is 6.31. The molecule has 4 aliphatic rings. The van der Waals surface area contributed by atoms with E-state index in [1.165, 1.54) is 25.3 Å². The van der Waals surface area contributed by atoms with Crippen LogP contribution in [0.3, 0.4) is 0 Å². The van der Waals surface area contributed by atoms with Gasteiger partial charge in [0.1, 0.15) is 35.6 Å². The number of ether oxygens (including phenoxy) is 3. The number of rotatable bonds is 6. The lowest BCUT2D eigenvalue weighted by atomic mass is 9.72. The fourth-order valence-electron chi connectivity index (χ4n) is 6.97. The third-order valence-corrected chi connectivity index (χ3v) is 9.24. The van der Waals surface area contributed by atoms with Crippen molar-refractivity contribution in [3.63, 3.8) is 0 Å². The molecule has 0 aromatic heterocycles. The third-order valence-electron chi connectivity index (χ3n) is 9.24. The molecule has 0 amide bonds. The molecule has 0 bridgehead atoms. The number of phenols is 2. The minimum atomic E-state index is -2.23. The zero-order chi connectivity index (χ0) is 31.5. The van der Waals surface area contributed by atoms with Gasteiger partial charge in [0.05, 0.1) is 42.0 Å². The van der Waals surface area contributed by atoms with Crippen LogP contribution in [0.2, 0.25) is 0 Å². The van der Waals surface area contributed by atoms with E-state index < -0.39 is 89.6 Å². The molecule has 2 aromatic rings. The molecule has 0 radical (unpaired) electrons. The number of carbonyl (C=O) groups is 3. The maximum atomic E-state index is 13.8. The molecule has 2 aromatic carbocycles. The van der Waals surface area contributed by atoms with Crippen LogP contribution in [0.25, 0.3) is 0 Å². The van der Waals surface area contributed by atoms with Crippen LogP contribution in [0.15, 0.2) is 30.5 Å². The Morgan fingerprint density at radius 2 is 1.89 bits per heavy atom. The van der Waals surface area contributed by atoms with Crippen molar-refractivity contribution in [1.82, 2.24) is 4.90 Å². The Labute approximate surface area is 253 Å². The molecule has 12 nitrogen and oxygen atoms in total. The number of methoxy groups -OCH3 is 1. The number of allylic oxidation sites excluding steroid dienone is 1. The van der Waals surface area contributed by atoms with E-state index >= 15 is 0 Å². The number of aromatic hydroxyl groups is 2. The van der Waals surface area contributed by atoms with Crippen molar-refractivity contribution in [3.8, 4) is 17.2 Å². The SMILES string of the molecule is COc1cccc2c1C(=O)c1c(O)c3c(c(O)c1C2=O)C[C@@](O)(C(=O)CO)C[C@@H]3O[C@H]1C[C@H](N2C=CCCC2)[C@H](O)[C@H](C)O1. The molecule has 234 valence electrons. The third kappa shape index (κ3) is 4.68. The van der Waals surface area contributed by atoms with E-state index in [0.29, 0.717) is 0 Å². The first-order chi connectivity index (χ1) is 21.0. The Hall–Kier alpha value is -3.81. The van der Waals surface area contributed by atoms with Crippen molar-refractivity contribution in [2.45, 2.75) is 75.3 Å². The highest BCUT2D eigenvalue weighted by Crippen LogP contribution is 2.52. The molecule has 1 saturated heterocycles. The van der Waals surface area contributed by atoms with Crippen molar-refractivity contribution < 1.29 is 54.1 Å². The number of nitrogens with zero attached hydrogens (tertiary/aromatic N) is 1. The topological polar surface area (TPSA) is 183 Å². The standard InChI is InChI=1S/C32H35NO11/c1-15-27(36)18(33-9-4-3-5-10-33)11-22(43-15)44-20-13-32(41,21(35)14-34)12-17-24(20)31(40)26-25(29(17)38)28(37)16-7-6-8-19(42-2)23(16)30(26)39/h4,6-9,15,18,20,22,27,34,36,38,40-41H,3,5,10-14H2,1-2H3/t15-,18-,20-,22-,27+,32-/m0/s1. The van der Waals surface area contributed by atoms with E-state index in [-0.39, 0.29) is 40.5 Å². The van der Waals surface area contributed by atoms with Crippen LogP contribution >= 0.6 is 0 Å². The predicted octanol–water partition coefficient (Wildman–Crippen LogP) is 1.65. The summed E-state index contributed by atoms with van der Waals surface area (Å²) < 4.78 is 17.6. The van der Waals surface area contributed by atoms with Crippen molar-refractivity contribution in [2.75, 3.05) is 20.3 Å². The second kappa shape index (κ2) is 11.3. The molecule has 2 heterocycles. The van der Waals surface area contributed by atoms with Crippen LogP contribution in [0, 0.1) is 0 Å². The lowest BCUT2D eigenvalue weighted by Gasteiger charge is -2.45. The lowest BCUT2D eigenvalue weighted by Crippen LogP contribution is -2.55. The van der Waals surface area contributed by atoms with E-state index in [1.807, 2.05) is 17.2 Å². The van der Waals surface area contributed by atoms with Crippen LogP contribution in [-0.4, -0.2) is 98.2 Å². The average molecular weight is 610 g/mol. The first-order valence-electron chi connectivity index (χ1n) is 14.7. The van der Waals surface area contributed by atoms with Crippen molar-refractivity contribution in [3.05, 3.63) is 63.9 Å². The monoisotopic (exact) mass is 609 g/mol. The summed E-state index contributed by atoms with van der Waals surface area (Å²) in [5.74, 6) is -3.65. The van der Waals surface area contributed by atoms with Crippen molar-refractivity contribution in [1.29, 1.82) is 0 Å². The van der Waals surface area contributed by atoms with E-state index in [0.717, 1.165) is 19.4 Å². The summed E-state index contributed by atoms with van der Waals surface area (Å²) in [6.45, 7) is 1.40. The molecule has 2 aliphatic heterocycles. The fraction of sp³-hybridized carbons (Fsp3) is 0.469. The van der Waals surface area contributed by atoms with Gasteiger partial charge in [0.15, 0.2) is 17.9 Å². The molecule has 2 aliphatic carbocycles. The van der Waals surface area contributed by atoms with Gasteiger partial charge in [-0.05, 0) is 32.0 Å². The maximum Gasteiger partial charge on any atom is 0.202 e. The molecule has 12 heteroatoms. The van der Waals surface area contributed by atoms with Crippen molar-refractivity contribution in [2.24, 2.45) is 0 Å². The van der Waals surface area contributed by atoms with Gasteiger partial charge in [-0.15, -0.1) is 0 Å². The molecule has 0 spiro atoms. The summed E-state index contributed by atoms with van der Waals surface area (Å²) in [5, 5.41) is 55.2. The first-order valence-corrected chi connectivity index (χ1v) is 14.7. The molecule has 0 saturated carbocycles. The van der Waals surface area contributed by atoms with Gasteiger partial charge >= 0.3 is 0 Å². The second-order valence-corrected chi connectivity index (χ2v) is 11.8. The molecule has 0 unspecified atom stereocenters. The normalized spacial score (nSPS) is 29.6. The molecule has 6 atom stereocenters. The van der Waals surface area contributed by atoms with Crippen LogP contribution in [-0.2, 0) is 20.7 Å². The van der Waals surface area contributed by atoms with Crippen LogP contribution < -0.4 is 4.74 Å². The predicted molar refractivity (Wildman–Crippen MR) is 153 cm³/mol. The van der Waals surface area contributed by atoms with E-state index in [1.54, 1.807) is 6.92 Å². The Morgan fingerprint density at radius 1 is 1.14 bits per heavy atom. The zero-order valence-corrected chi connectivity index (χ0v) is 24.4. The summed E-state index contributed by atoms with van der Waals surface area (Å²) in [6.07, 6.45) is 1.14. The quantitative estimate of drug-likeness (QED) is 0.255. The Balaban J connectivity index is 1.46. The molecule has 1 fully saturated rings. The summed E-state index contributed by atoms with van der Waals surface area (Å²) >= 11 is 0. The molecule has 5 N–H and O–H groups in total. The van der Waals surface area contributed by atoms with Crippen LogP contribution in [0.1, 0.15) is 81.7 Å². The van der Waals surface area contributed by atoms with Gasteiger partial charge in [0.25, 0.3) is 0 Å². The number of benzene rings is 2. The van der Waals surface area contributed by atoms with Gasteiger partial charge < -0.3 is 44.6 Å². The smallest absolute Gasteiger partial charge is 0.202 e. The molecular weight excluding hydrogens is 574 g/mol. The highest BCUT2D eigenvalue weighted by atomic mass is 16.7. The molecule has 44 heavy (non-hydrogen) atoms. The van der Waals surface area contributed by atoms with E-state index in [9.17, 15) is 39.9 Å². The number of aliphatic hydroxyl groups is 3. The number of ketones is 3. The summed E-state index contributed by atoms with van der Waals surface area (Å²) in [5.41, 5.74) is -3.49. The van der Waals surface area contributed by atoms with Gasteiger partial charge in [0, 0.05) is 42.5 Å². The first kappa shape index (κ1) is 30.2. The number of carbonyl (C=O) groups excluding carboxylic acids is 3. The van der Waals surface area contributed by atoms with Gasteiger partial charge in [-0.3, -0.25) is 14.4 Å². The number of phenolic OH excluding ortho intramolecular Hbond substituents is 2. The van der Waals surface area contributed by atoms with Gasteiger partial charge in [-0.2, -0.15) is 0 Å². The van der Waals surface area contributed by atoms with Gasteiger partial charge in [0.2, 0.25) is 5.78 Å². The van der Waals surface area contributed by atoms with E-state index in [4.69, 9.17) is 14.2 Å². The molecule has 6 rings (SSSR count). The highest BCUT2D eigenvalue weighted by Gasteiger charge is 2.50. The lowest BCUT2D eigenvalue weighted by molar-refractivity contribution is -0.256. The summed E-state index contributed by atoms with van der Waals surface area (Å²) in [4.78, 5) is 42.3. The van der Waals surface area contributed by atoms with Crippen molar-refractivity contribution >= 4 is 17.3 Å². The van der Waals surface area contributed by atoms with Gasteiger partial charge in [-0.1, -0.05) is 18.2 Å².